The van der Waals surface area contributed by atoms with Crippen molar-refractivity contribution in [1.29, 1.82) is 0 Å². The van der Waals surface area contributed by atoms with Gasteiger partial charge in [0.1, 0.15) is 17.4 Å². The smallest absolute Gasteiger partial charge is 0.260 e. The number of hydrogen-bond acceptors (Lipinski definition) is 5. The number of fused-ring (bicyclic) bond motifs is 4. The van der Waals surface area contributed by atoms with Crippen molar-refractivity contribution in [2.75, 3.05) is 19.8 Å². The summed E-state index contributed by atoms with van der Waals surface area (Å²) in [6, 6.07) is 6.76. The molecule has 0 amide bonds. The summed E-state index contributed by atoms with van der Waals surface area (Å²) in [5.74, 6) is 2.51. The van der Waals surface area contributed by atoms with Gasteiger partial charge in [0.25, 0.3) is 5.56 Å². The van der Waals surface area contributed by atoms with Gasteiger partial charge in [0.15, 0.2) is 17.3 Å². The molecule has 1 saturated heterocycles. The molecule has 156 valence electrons. The van der Waals surface area contributed by atoms with E-state index in [0.717, 1.165) is 72.7 Å². The average Bonchev–Trinajstić information content (AvgIpc) is 3.40. The highest BCUT2D eigenvalue weighted by Crippen LogP contribution is 2.35. The Labute approximate surface area is 178 Å². The Hall–Kier alpha value is -2.38. The van der Waals surface area contributed by atoms with E-state index in [0.29, 0.717) is 19.3 Å². The van der Waals surface area contributed by atoms with Crippen molar-refractivity contribution < 1.29 is 14.4 Å². The number of likely N-dealkylation sites (tertiary alicyclic amines) is 1. The van der Waals surface area contributed by atoms with Crippen LogP contribution in [-0.4, -0.2) is 29.7 Å². The SMILES string of the molecule is O=c1[nH]c(C[NH+]2CCC[C@@H]2c2ccc3c(c2)OCCCO3)nc2sc3c(c12)CCC3. The van der Waals surface area contributed by atoms with E-state index in [4.69, 9.17) is 14.5 Å². The molecule has 2 aliphatic heterocycles. The summed E-state index contributed by atoms with van der Waals surface area (Å²) in [4.78, 5) is 24.5. The summed E-state index contributed by atoms with van der Waals surface area (Å²) in [6.45, 7) is 3.24. The molecule has 1 aliphatic carbocycles. The summed E-state index contributed by atoms with van der Waals surface area (Å²) < 4.78 is 11.7. The zero-order valence-corrected chi connectivity index (χ0v) is 17.8. The lowest BCUT2D eigenvalue weighted by Crippen LogP contribution is -3.09. The van der Waals surface area contributed by atoms with Crippen molar-refractivity contribution in [2.24, 2.45) is 0 Å². The fraction of sp³-hybridized carbons (Fsp3) is 0.478. The Bertz CT molecular complexity index is 1170. The molecular formula is C23H26N3O3S+. The molecule has 2 aromatic heterocycles. The maximum atomic E-state index is 12.8. The van der Waals surface area contributed by atoms with Gasteiger partial charge < -0.3 is 19.4 Å². The maximum Gasteiger partial charge on any atom is 0.260 e. The topological polar surface area (TPSA) is 68.7 Å². The summed E-state index contributed by atoms with van der Waals surface area (Å²) >= 11 is 1.72. The number of thiophene rings is 1. The zero-order chi connectivity index (χ0) is 20.1. The van der Waals surface area contributed by atoms with Crippen molar-refractivity contribution in [3.8, 4) is 11.5 Å². The molecule has 3 aliphatic rings. The van der Waals surface area contributed by atoms with Crippen LogP contribution in [0.1, 0.15) is 53.6 Å². The molecule has 1 aromatic carbocycles. The third-order valence-corrected chi connectivity index (χ3v) is 7.86. The fourth-order valence-corrected chi connectivity index (χ4v) is 6.55. The van der Waals surface area contributed by atoms with Gasteiger partial charge in [-0.25, -0.2) is 4.98 Å². The van der Waals surface area contributed by atoms with Crippen molar-refractivity contribution in [3.63, 3.8) is 0 Å². The van der Waals surface area contributed by atoms with Gasteiger partial charge in [-0.05, 0) is 43.0 Å². The Balaban J connectivity index is 1.28. The van der Waals surface area contributed by atoms with E-state index in [2.05, 4.69) is 17.1 Å². The number of aromatic nitrogens is 2. The zero-order valence-electron chi connectivity index (χ0n) is 17.0. The first kappa shape index (κ1) is 18.4. The van der Waals surface area contributed by atoms with Crippen LogP contribution in [0.2, 0.25) is 0 Å². The highest BCUT2D eigenvalue weighted by atomic mass is 32.1. The van der Waals surface area contributed by atoms with Crippen LogP contribution in [0.4, 0.5) is 0 Å². The highest BCUT2D eigenvalue weighted by molar-refractivity contribution is 7.18. The van der Waals surface area contributed by atoms with Crippen molar-refractivity contribution in [1.82, 2.24) is 9.97 Å². The number of aromatic amines is 1. The number of ether oxygens (including phenoxy) is 2. The van der Waals surface area contributed by atoms with E-state index in [1.807, 2.05) is 6.07 Å². The van der Waals surface area contributed by atoms with Crippen LogP contribution in [0.15, 0.2) is 23.0 Å². The molecule has 1 fully saturated rings. The molecule has 0 spiro atoms. The van der Waals surface area contributed by atoms with E-state index in [9.17, 15) is 4.79 Å². The standard InChI is InChI=1S/C23H25N3O3S/c27-22-21-15-4-1-6-19(15)30-23(21)25-20(24-22)13-26-9-2-5-16(26)14-7-8-17-18(12-14)29-11-3-10-28-17/h7-8,12,16H,1-6,9-11,13H2,(H,24,25,27)/p+1/t16-/m1/s1. The normalized spacial score (nSPS) is 22.9. The van der Waals surface area contributed by atoms with Crippen LogP contribution < -0.4 is 19.9 Å². The molecule has 3 aromatic rings. The lowest BCUT2D eigenvalue weighted by molar-refractivity contribution is -0.932. The van der Waals surface area contributed by atoms with Gasteiger partial charge in [0.2, 0.25) is 0 Å². The first-order valence-corrected chi connectivity index (χ1v) is 11.9. The van der Waals surface area contributed by atoms with E-state index in [1.54, 1.807) is 11.3 Å². The number of rotatable bonds is 3. The summed E-state index contributed by atoms with van der Waals surface area (Å²) in [5, 5.41) is 0.840. The largest absolute Gasteiger partial charge is 0.490 e. The van der Waals surface area contributed by atoms with E-state index < -0.39 is 0 Å². The van der Waals surface area contributed by atoms with Crippen LogP contribution >= 0.6 is 11.3 Å². The second kappa shape index (κ2) is 7.39. The van der Waals surface area contributed by atoms with E-state index >= 15 is 0 Å². The molecule has 0 radical (unpaired) electrons. The third kappa shape index (κ3) is 3.11. The molecule has 2 N–H and O–H groups in total. The Kier molecular flexibility index (Phi) is 4.53. The monoisotopic (exact) mass is 424 g/mol. The number of benzene rings is 1. The van der Waals surface area contributed by atoms with Crippen molar-refractivity contribution >= 4 is 21.6 Å². The molecule has 2 atom stereocenters. The minimum absolute atomic E-state index is 0.0418. The van der Waals surface area contributed by atoms with Crippen LogP contribution in [0.25, 0.3) is 10.2 Å². The van der Waals surface area contributed by atoms with Crippen molar-refractivity contribution in [3.05, 3.63) is 50.4 Å². The van der Waals surface area contributed by atoms with E-state index in [1.165, 1.54) is 27.3 Å². The minimum atomic E-state index is 0.0418. The second-order valence-corrected chi connectivity index (χ2v) is 9.67. The quantitative estimate of drug-likeness (QED) is 0.678. The molecule has 0 bridgehead atoms. The van der Waals surface area contributed by atoms with Crippen LogP contribution in [-0.2, 0) is 19.4 Å². The number of nitrogens with one attached hydrogen (secondary N) is 2. The van der Waals surface area contributed by atoms with Crippen molar-refractivity contribution in [2.45, 2.75) is 51.1 Å². The lowest BCUT2D eigenvalue weighted by Gasteiger charge is -2.22. The van der Waals surface area contributed by atoms with Gasteiger partial charge in [-0.15, -0.1) is 11.3 Å². The Morgan fingerprint density at radius 2 is 2.03 bits per heavy atom. The van der Waals surface area contributed by atoms with Gasteiger partial charge >= 0.3 is 0 Å². The summed E-state index contributed by atoms with van der Waals surface area (Å²) in [6.07, 6.45) is 6.49. The van der Waals surface area contributed by atoms with E-state index in [-0.39, 0.29) is 5.56 Å². The molecule has 30 heavy (non-hydrogen) atoms. The highest BCUT2D eigenvalue weighted by Gasteiger charge is 2.32. The maximum absolute atomic E-state index is 12.8. The third-order valence-electron chi connectivity index (χ3n) is 6.68. The molecule has 0 saturated carbocycles. The molecule has 6 nitrogen and oxygen atoms in total. The number of hydrogen-bond donors (Lipinski definition) is 2. The first-order chi connectivity index (χ1) is 14.8. The van der Waals surface area contributed by atoms with Gasteiger partial charge in [-0.1, -0.05) is 0 Å². The van der Waals surface area contributed by atoms with Gasteiger partial charge in [0.05, 0.1) is 25.1 Å². The predicted molar refractivity (Wildman–Crippen MR) is 116 cm³/mol. The number of nitrogens with zero attached hydrogens (tertiary/aromatic N) is 1. The molecule has 6 rings (SSSR count). The number of quaternary nitrogens is 1. The Morgan fingerprint density at radius 1 is 1.13 bits per heavy atom. The average molecular weight is 425 g/mol. The summed E-state index contributed by atoms with van der Waals surface area (Å²) in [5.41, 5.74) is 2.57. The fourth-order valence-electron chi connectivity index (χ4n) is 5.27. The predicted octanol–water partition coefficient (Wildman–Crippen LogP) is 2.55. The molecular weight excluding hydrogens is 398 g/mol. The Morgan fingerprint density at radius 3 is 2.97 bits per heavy atom. The summed E-state index contributed by atoms with van der Waals surface area (Å²) in [7, 11) is 0. The minimum Gasteiger partial charge on any atom is -0.490 e. The van der Waals surface area contributed by atoms with Gasteiger partial charge in [-0.3, -0.25) is 4.79 Å². The number of aryl methyl sites for hydroxylation is 2. The molecule has 1 unspecified atom stereocenters. The number of H-pyrrole nitrogens is 1. The van der Waals surface area contributed by atoms with Crippen LogP contribution in [0.3, 0.4) is 0 Å². The molecule has 4 heterocycles. The lowest BCUT2D eigenvalue weighted by atomic mass is 10.0. The van der Waals surface area contributed by atoms with Gasteiger partial charge in [-0.2, -0.15) is 0 Å². The second-order valence-electron chi connectivity index (χ2n) is 8.59. The van der Waals surface area contributed by atoms with Gasteiger partial charge in [0, 0.05) is 29.7 Å². The van der Waals surface area contributed by atoms with Crippen LogP contribution in [0, 0.1) is 0 Å². The van der Waals surface area contributed by atoms with Crippen LogP contribution in [0.5, 0.6) is 11.5 Å². The first-order valence-electron chi connectivity index (χ1n) is 11.0. The molecule has 7 heteroatoms.